The molecule has 4 aromatic carbocycles. The zero-order valence-electron chi connectivity index (χ0n) is 37.0. The average molecular weight is 891 g/mol. The Kier molecular flexibility index (Phi) is 8.32. The first-order valence-electron chi connectivity index (χ1n) is 24.5. The molecule has 0 aromatic heterocycles. The van der Waals surface area contributed by atoms with Gasteiger partial charge in [0, 0.05) is 49.1 Å². The second-order valence-corrected chi connectivity index (χ2v) is 21.7. The minimum absolute atomic E-state index is 0.00160. The lowest BCUT2D eigenvalue weighted by atomic mass is 9.49. The Balaban J connectivity index is 0.674. The van der Waals surface area contributed by atoms with Crippen molar-refractivity contribution in [2.24, 2.45) is 11.8 Å². The Morgan fingerprint density at radius 1 is 0.606 bits per heavy atom. The van der Waals surface area contributed by atoms with Crippen LogP contribution in [0.15, 0.2) is 60.7 Å². The number of ketones is 2. The number of fused-ring (bicyclic) bond motifs is 1. The molecule has 4 aromatic rings. The van der Waals surface area contributed by atoms with Gasteiger partial charge in [0.2, 0.25) is 0 Å². The number of hydrogen-bond donors (Lipinski definition) is 2. The molecule has 1 unspecified atom stereocenters. The quantitative estimate of drug-likeness (QED) is 0.155. The Morgan fingerprint density at radius 3 is 1.47 bits per heavy atom. The van der Waals surface area contributed by atoms with Crippen molar-refractivity contribution in [3.8, 4) is 23.0 Å². The number of hydrogen-bond acceptors (Lipinski definition) is 12. The molecule has 2 saturated heterocycles. The molecule has 4 bridgehead atoms. The summed E-state index contributed by atoms with van der Waals surface area (Å²) in [7, 11) is 0. The van der Waals surface area contributed by atoms with Crippen LogP contribution >= 0.6 is 0 Å². The number of aliphatic hydroxyl groups is 2. The van der Waals surface area contributed by atoms with E-state index in [4.69, 9.17) is 18.9 Å². The van der Waals surface area contributed by atoms with Gasteiger partial charge in [-0.3, -0.25) is 29.0 Å². The molecule has 2 spiro atoms. The molecule has 8 atom stereocenters. The molecular weight excluding hydrogens is 837 g/mol. The van der Waals surface area contributed by atoms with Crippen LogP contribution in [0.4, 0.5) is 0 Å². The van der Waals surface area contributed by atoms with Gasteiger partial charge in [-0.2, -0.15) is 0 Å². The van der Waals surface area contributed by atoms with Crippen LogP contribution in [0.25, 0.3) is 10.8 Å². The number of benzene rings is 4. The van der Waals surface area contributed by atoms with Crippen molar-refractivity contribution in [1.82, 2.24) is 9.80 Å². The second kappa shape index (κ2) is 13.7. The highest BCUT2D eigenvalue weighted by Gasteiger charge is 2.75. The summed E-state index contributed by atoms with van der Waals surface area (Å²) in [6.45, 7) is 3.57. The van der Waals surface area contributed by atoms with Crippen LogP contribution in [0, 0.1) is 11.8 Å². The third kappa shape index (κ3) is 5.41. The highest BCUT2D eigenvalue weighted by molar-refractivity contribution is 5.92. The molecule has 4 saturated carbocycles. The van der Waals surface area contributed by atoms with Crippen molar-refractivity contribution < 1.29 is 48.3 Å². The third-order valence-corrected chi connectivity index (χ3v) is 18.2. The van der Waals surface area contributed by atoms with Gasteiger partial charge in [0.15, 0.2) is 46.8 Å². The number of ether oxygens (including phenoxy) is 4. The molecule has 10 aliphatic rings. The first kappa shape index (κ1) is 40.0. The van der Waals surface area contributed by atoms with Gasteiger partial charge in [-0.05, 0) is 134 Å². The van der Waals surface area contributed by atoms with Crippen molar-refractivity contribution in [2.75, 3.05) is 26.2 Å². The Labute approximate surface area is 382 Å². The molecule has 2 N–H and O–H groups in total. The monoisotopic (exact) mass is 890 g/mol. The molecule has 66 heavy (non-hydrogen) atoms. The first-order chi connectivity index (χ1) is 32.0. The highest BCUT2D eigenvalue weighted by Crippen LogP contribution is 2.67. The average Bonchev–Trinajstić information content (AvgIpc) is 4.23. The number of likely N-dealkylation sites (tertiary alicyclic amines) is 2. The fourth-order valence-corrected chi connectivity index (χ4v) is 14.9. The topological polar surface area (TPSA) is 152 Å². The van der Waals surface area contributed by atoms with Gasteiger partial charge in [0.1, 0.15) is 0 Å². The van der Waals surface area contributed by atoms with E-state index < -0.39 is 46.2 Å². The summed E-state index contributed by atoms with van der Waals surface area (Å²) >= 11 is 0. The fraction of sp³-hybridized carbons (Fsp3) is 0.519. The van der Waals surface area contributed by atoms with Crippen LogP contribution in [0.1, 0.15) is 97.6 Å². The maximum atomic E-state index is 13.6. The summed E-state index contributed by atoms with van der Waals surface area (Å²) in [6.07, 6.45) is 7.34. The SMILES string of the molecule is O=C(Cc1ccc2cc(CC(=O)Oc3ccc4c5c3O[C@H]3C(=O)CC[C@@]6(O)[C@@H](C4)N(CC4CC4)CC[C@]536)ccc2c1)Oc1ccc2c3c1O[C@H]1C(=O)CC[C@@]4(O)[C@@H](C2)N(CC2CC2)CCC314. The normalized spacial score (nSPS) is 34.3. The van der Waals surface area contributed by atoms with Crippen LogP contribution < -0.4 is 18.9 Å². The molecule has 0 amide bonds. The smallest absolute Gasteiger partial charge is 0.315 e. The Morgan fingerprint density at radius 2 is 1.05 bits per heavy atom. The van der Waals surface area contributed by atoms with Gasteiger partial charge in [0.25, 0.3) is 0 Å². The number of rotatable bonds is 10. The highest BCUT2D eigenvalue weighted by atomic mass is 16.6. The summed E-state index contributed by atoms with van der Waals surface area (Å²) in [5.74, 6) is 1.89. The minimum atomic E-state index is -1.09. The lowest BCUT2D eigenvalue weighted by molar-refractivity contribution is -0.188. The minimum Gasteiger partial charge on any atom is -0.477 e. The summed E-state index contributed by atoms with van der Waals surface area (Å²) < 4.78 is 25.1. The number of carbonyl (C=O) groups excluding carboxylic acids is 4. The van der Waals surface area contributed by atoms with Crippen LogP contribution in [-0.4, -0.2) is 105 Å². The summed E-state index contributed by atoms with van der Waals surface area (Å²) in [5, 5.41) is 27.0. The number of nitrogens with zero attached hydrogens (tertiary/aromatic N) is 2. The molecule has 14 rings (SSSR count). The molecule has 4 aliphatic heterocycles. The molecule has 4 heterocycles. The van der Waals surface area contributed by atoms with E-state index in [-0.39, 0.29) is 60.8 Å². The second-order valence-electron chi connectivity index (χ2n) is 21.7. The molecule has 340 valence electrons. The number of Topliss-reactive ketones (excluding diaryl/α,β-unsaturated/α-hetero) is 2. The van der Waals surface area contributed by atoms with Gasteiger partial charge in [0.05, 0.1) is 34.9 Å². The van der Waals surface area contributed by atoms with E-state index in [1.807, 2.05) is 48.5 Å². The Bertz CT molecular complexity index is 2660. The van der Waals surface area contributed by atoms with E-state index in [0.29, 0.717) is 61.9 Å². The van der Waals surface area contributed by atoms with Gasteiger partial charge >= 0.3 is 11.9 Å². The lowest BCUT2D eigenvalue weighted by Crippen LogP contribution is -2.76. The third-order valence-electron chi connectivity index (χ3n) is 18.2. The maximum absolute atomic E-state index is 13.6. The number of carbonyl (C=O) groups is 4. The molecule has 12 nitrogen and oxygen atoms in total. The summed E-state index contributed by atoms with van der Waals surface area (Å²) in [4.78, 5) is 59.3. The molecule has 0 radical (unpaired) electrons. The lowest BCUT2D eigenvalue weighted by Gasteiger charge is -2.62. The largest absolute Gasteiger partial charge is 0.477 e. The summed E-state index contributed by atoms with van der Waals surface area (Å²) in [6, 6.07) is 18.9. The van der Waals surface area contributed by atoms with Crippen LogP contribution in [0.5, 0.6) is 23.0 Å². The Hall–Kier alpha value is -5.14. The standard InChI is InChI=1S/C54H54N2O10/c57-37-13-15-53(61)41-25-35-9-11-39(47-45(35)51(53,49(37)65-47)17-19-55(41)27-29-1-2-29)63-43(59)23-31-5-7-34-22-32(6-8-33(34)21-31)24-44(60)64-40-12-10-36-26-42-54(62)16-14-38(58)50-52(54,46(36)48(40)66-50)18-20-56(42)28-30-3-4-30/h5-12,21-22,29-30,41-42,49-50,61-62H,1-4,13-20,23-28H2/t41-,42-,49+,50+,51+,52?,53-,54-/m1/s1. The molecule has 6 aliphatic carbocycles. The fourth-order valence-electron chi connectivity index (χ4n) is 14.9. The van der Waals surface area contributed by atoms with E-state index in [9.17, 15) is 29.4 Å². The molecule has 6 fully saturated rings. The first-order valence-corrected chi connectivity index (χ1v) is 24.5. The number of piperidine rings is 2. The zero-order chi connectivity index (χ0) is 44.5. The van der Waals surface area contributed by atoms with E-state index in [2.05, 4.69) is 9.80 Å². The molecular formula is C54H54N2O10. The zero-order valence-corrected chi connectivity index (χ0v) is 37.0. The van der Waals surface area contributed by atoms with Gasteiger partial charge in [-0.15, -0.1) is 0 Å². The predicted octanol–water partition coefficient (Wildman–Crippen LogP) is 5.40. The van der Waals surface area contributed by atoms with Crippen molar-refractivity contribution >= 4 is 34.3 Å². The van der Waals surface area contributed by atoms with Crippen LogP contribution in [-0.2, 0) is 55.7 Å². The maximum Gasteiger partial charge on any atom is 0.315 e. The van der Waals surface area contributed by atoms with Gasteiger partial charge < -0.3 is 29.2 Å². The molecule has 12 heteroatoms. The van der Waals surface area contributed by atoms with E-state index in [0.717, 1.165) is 70.3 Å². The van der Waals surface area contributed by atoms with Gasteiger partial charge in [-0.1, -0.05) is 48.5 Å². The predicted molar refractivity (Wildman–Crippen MR) is 239 cm³/mol. The van der Waals surface area contributed by atoms with E-state index >= 15 is 0 Å². The van der Waals surface area contributed by atoms with Gasteiger partial charge in [-0.25, -0.2) is 0 Å². The van der Waals surface area contributed by atoms with E-state index in [1.54, 1.807) is 12.1 Å². The number of esters is 2. The van der Waals surface area contributed by atoms with Crippen molar-refractivity contribution in [3.05, 3.63) is 94.0 Å². The van der Waals surface area contributed by atoms with Crippen molar-refractivity contribution in [2.45, 2.75) is 136 Å². The van der Waals surface area contributed by atoms with E-state index in [1.165, 1.54) is 25.7 Å². The van der Waals surface area contributed by atoms with Crippen molar-refractivity contribution in [1.29, 1.82) is 0 Å². The van der Waals surface area contributed by atoms with Crippen molar-refractivity contribution in [3.63, 3.8) is 0 Å². The van der Waals surface area contributed by atoms with Crippen LogP contribution in [0.3, 0.4) is 0 Å². The summed E-state index contributed by atoms with van der Waals surface area (Å²) in [5.41, 5.74) is 1.50. The van der Waals surface area contributed by atoms with Crippen LogP contribution in [0.2, 0.25) is 0 Å².